The molecule has 0 radical (unpaired) electrons. The Morgan fingerprint density at radius 2 is 1.24 bits per heavy atom. The molecule has 4 N–H and O–H groups in total. The third-order valence-corrected chi connectivity index (χ3v) is 6.42. The third-order valence-electron chi connectivity index (χ3n) is 6.42. The van der Waals surface area contributed by atoms with E-state index < -0.39 is 36.4 Å². The van der Waals surface area contributed by atoms with Crippen molar-refractivity contribution in [2.45, 2.75) is 38.1 Å². The molecule has 236 valence electrons. The highest BCUT2D eigenvalue weighted by Crippen LogP contribution is 2.20. The predicted octanol–water partition coefficient (Wildman–Crippen LogP) is 3.51. The van der Waals surface area contributed by atoms with E-state index in [1.54, 1.807) is 14.2 Å². The van der Waals surface area contributed by atoms with Crippen LogP contribution in [0.3, 0.4) is 0 Å². The Bertz CT molecular complexity index is 1520. The maximum Gasteiger partial charge on any atom is 0.336 e. The molecular weight excluding hydrogens is 584 g/mol. The second-order valence-corrected chi connectivity index (χ2v) is 9.94. The minimum absolute atomic E-state index is 0.697. The van der Waals surface area contributed by atoms with Gasteiger partial charge in [0.05, 0.1) is 32.8 Å². The van der Waals surface area contributed by atoms with E-state index in [9.17, 15) is 14.4 Å². The molecule has 2 aromatic carbocycles. The largest absolute Gasteiger partial charge is 0.497 e. The van der Waals surface area contributed by atoms with Crippen LogP contribution < -0.4 is 9.47 Å². The van der Waals surface area contributed by atoms with Crippen LogP contribution in [0.2, 0.25) is 0 Å². The highest BCUT2D eigenvalue weighted by atomic mass is 16.5. The van der Waals surface area contributed by atoms with Crippen LogP contribution in [-0.2, 0) is 34.0 Å². The summed E-state index contributed by atoms with van der Waals surface area (Å²) in [5.41, 5.74) is 1.50. The summed E-state index contributed by atoms with van der Waals surface area (Å²) in [6.07, 6.45) is 3.33. The third kappa shape index (κ3) is 11.0. The molecule has 4 rings (SSSR count). The molecule has 0 saturated carbocycles. The zero-order valence-electron chi connectivity index (χ0n) is 24.7. The van der Waals surface area contributed by atoms with E-state index in [2.05, 4.69) is 32.0 Å². The molecule has 0 aliphatic carbocycles. The first kappa shape index (κ1) is 34.1. The zero-order valence-corrected chi connectivity index (χ0v) is 24.7. The average molecular weight is 619 g/mol. The van der Waals surface area contributed by atoms with Crippen molar-refractivity contribution < 1.29 is 44.3 Å². The van der Waals surface area contributed by atoms with Gasteiger partial charge in [0.2, 0.25) is 0 Å². The first-order chi connectivity index (χ1) is 21.5. The fourth-order valence-corrected chi connectivity index (χ4v) is 4.18. The van der Waals surface area contributed by atoms with E-state index in [1.165, 1.54) is 5.56 Å². The summed E-state index contributed by atoms with van der Waals surface area (Å²) >= 11 is 0. The lowest BCUT2D eigenvalue weighted by Gasteiger charge is -2.22. The van der Waals surface area contributed by atoms with Gasteiger partial charge < -0.3 is 29.9 Å². The van der Waals surface area contributed by atoms with Crippen LogP contribution in [0, 0.1) is 0 Å². The van der Waals surface area contributed by atoms with Crippen molar-refractivity contribution >= 4 is 17.9 Å². The number of hydrogen-bond acceptors (Lipinski definition) is 10. The summed E-state index contributed by atoms with van der Waals surface area (Å²) in [6.45, 7) is 2.22. The molecule has 0 spiro atoms. The normalized spacial score (nSPS) is 10.8. The summed E-state index contributed by atoms with van der Waals surface area (Å²) in [7, 11) is 3.33. The van der Waals surface area contributed by atoms with Crippen molar-refractivity contribution in [3.05, 3.63) is 102 Å². The molecule has 2 aromatic heterocycles. The molecule has 0 atom stereocenters. The van der Waals surface area contributed by atoms with Gasteiger partial charge in [-0.05, 0) is 54.1 Å². The molecule has 0 bridgehead atoms. The monoisotopic (exact) mass is 618 g/mol. The molecular formula is C32H34N4O9. The van der Waals surface area contributed by atoms with Gasteiger partial charge in [0.1, 0.15) is 11.5 Å². The second-order valence-electron chi connectivity index (χ2n) is 9.94. The van der Waals surface area contributed by atoms with Crippen LogP contribution in [0.15, 0.2) is 85.3 Å². The van der Waals surface area contributed by atoms with Gasteiger partial charge in [-0.1, -0.05) is 18.2 Å². The Kier molecular flexibility index (Phi) is 12.5. The number of aliphatic carboxylic acids is 3. The number of nitrogens with zero attached hydrogens (tertiary/aromatic N) is 4. The van der Waals surface area contributed by atoms with Crippen LogP contribution in [0.5, 0.6) is 11.5 Å². The Hall–Kier alpha value is -5.40. The first-order valence-corrected chi connectivity index (χ1v) is 13.6. The maximum atomic E-state index is 10.3. The van der Waals surface area contributed by atoms with E-state index >= 15 is 0 Å². The van der Waals surface area contributed by atoms with Crippen molar-refractivity contribution in [1.82, 2.24) is 19.9 Å². The van der Waals surface area contributed by atoms with Gasteiger partial charge in [0.25, 0.3) is 0 Å². The fraction of sp³-hybridized carbons (Fsp3) is 0.250. The molecule has 0 saturated heterocycles. The number of carbonyl (C=O) groups is 3. The smallest absolute Gasteiger partial charge is 0.336 e. The number of aliphatic hydroxyl groups is 1. The van der Waals surface area contributed by atoms with Crippen molar-refractivity contribution in [1.29, 1.82) is 0 Å². The molecule has 13 nitrogen and oxygen atoms in total. The number of aromatic nitrogens is 3. The lowest BCUT2D eigenvalue weighted by atomic mass is 9.96. The Morgan fingerprint density at radius 1 is 0.711 bits per heavy atom. The van der Waals surface area contributed by atoms with Gasteiger partial charge in [-0.15, -0.1) is 0 Å². The minimum atomic E-state index is -2.74. The van der Waals surface area contributed by atoms with Gasteiger partial charge in [0, 0.05) is 49.4 Å². The standard InChI is InChI=1S/C26H26N4O2.C6H8O7/c1-31-24-10-6-20(7-11-24)17-30(19-23-5-3-4-14-27-23)18-21-15-28-26(29-16-21)22-8-12-25(32-2)13-9-22;7-3(8)1-6(13,5(11)12)2-4(9)10/h3-16H,17-19H2,1-2H3;13H,1-2H2,(H,7,8)(H,9,10)(H,11,12). The zero-order chi connectivity index (χ0) is 32.8. The van der Waals surface area contributed by atoms with E-state index in [0.717, 1.165) is 41.4 Å². The van der Waals surface area contributed by atoms with Gasteiger partial charge in [-0.3, -0.25) is 19.5 Å². The van der Waals surface area contributed by atoms with Gasteiger partial charge in [0.15, 0.2) is 11.4 Å². The molecule has 2 heterocycles. The van der Waals surface area contributed by atoms with Gasteiger partial charge in [-0.25, -0.2) is 14.8 Å². The van der Waals surface area contributed by atoms with E-state index in [4.69, 9.17) is 29.9 Å². The highest BCUT2D eigenvalue weighted by Gasteiger charge is 2.40. The van der Waals surface area contributed by atoms with Crippen LogP contribution in [0.25, 0.3) is 11.4 Å². The summed E-state index contributed by atoms with van der Waals surface area (Å²) in [4.78, 5) is 46.5. The lowest BCUT2D eigenvalue weighted by Crippen LogP contribution is -2.42. The molecule has 45 heavy (non-hydrogen) atoms. The van der Waals surface area contributed by atoms with Crippen molar-refractivity contribution in [3.63, 3.8) is 0 Å². The van der Waals surface area contributed by atoms with E-state index in [1.807, 2.05) is 73.2 Å². The highest BCUT2D eigenvalue weighted by molar-refractivity contribution is 5.88. The van der Waals surface area contributed by atoms with E-state index in [0.29, 0.717) is 12.4 Å². The Morgan fingerprint density at radius 3 is 1.71 bits per heavy atom. The summed E-state index contributed by atoms with van der Waals surface area (Å²) in [6, 6.07) is 21.9. The molecule has 0 unspecified atom stereocenters. The van der Waals surface area contributed by atoms with Crippen LogP contribution in [-0.4, -0.2) is 78.0 Å². The number of hydrogen-bond donors (Lipinski definition) is 4. The van der Waals surface area contributed by atoms with Crippen LogP contribution in [0.1, 0.15) is 29.7 Å². The predicted molar refractivity (Wildman–Crippen MR) is 161 cm³/mol. The number of rotatable bonds is 14. The Balaban J connectivity index is 0.000000360. The Labute approximate surface area is 259 Å². The van der Waals surface area contributed by atoms with Crippen LogP contribution >= 0.6 is 0 Å². The molecule has 0 fully saturated rings. The molecule has 0 amide bonds. The number of methoxy groups -OCH3 is 2. The number of carboxylic acids is 3. The van der Waals surface area contributed by atoms with Crippen molar-refractivity contribution in [3.8, 4) is 22.9 Å². The number of ether oxygens (including phenoxy) is 2. The van der Waals surface area contributed by atoms with E-state index in [-0.39, 0.29) is 0 Å². The molecule has 0 aliphatic rings. The maximum absolute atomic E-state index is 10.3. The first-order valence-electron chi connectivity index (χ1n) is 13.6. The van der Waals surface area contributed by atoms with Crippen molar-refractivity contribution in [2.24, 2.45) is 0 Å². The lowest BCUT2D eigenvalue weighted by molar-refractivity contribution is -0.170. The van der Waals surface area contributed by atoms with Gasteiger partial charge in [-0.2, -0.15) is 0 Å². The van der Waals surface area contributed by atoms with Crippen LogP contribution in [0.4, 0.5) is 0 Å². The fourth-order valence-electron chi connectivity index (χ4n) is 4.18. The SMILES string of the molecule is COc1ccc(CN(Cc2cnc(-c3ccc(OC)cc3)nc2)Cc2ccccn2)cc1.O=C(O)CC(O)(CC(=O)O)C(=O)O. The number of pyridine rings is 1. The van der Waals surface area contributed by atoms with Crippen molar-refractivity contribution in [2.75, 3.05) is 14.2 Å². The molecule has 4 aromatic rings. The quantitative estimate of drug-likeness (QED) is 0.161. The minimum Gasteiger partial charge on any atom is -0.497 e. The second kappa shape index (κ2) is 16.4. The summed E-state index contributed by atoms with van der Waals surface area (Å²) < 4.78 is 10.5. The summed E-state index contributed by atoms with van der Waals surface area (Å²) in [5, 5.41) is 33.8. The molecule has 13 heteroatoms. The summed E-state index contributed by atoms with van der Waals surface area (Å²) in [5.74, 6) is -2.65. The molecule has 0 aliphatic heterocycles. The number of carboxylic acid groups (broad SMARTS) is 3. The topological polar surface area (TPSA) is 192 Å². The number of benzene rings is 2. The average Bonchev–Trinajstić information content (AvgIpc) is 3.02. The van der Waals surface area contributed by atoms with Gasteiger partial charge >= 0.3 is 17.9 Å².